The fourth-order valence-electron chi connectivity index (χ4n) is 2.82. The lowest BCUT2D eigenvalue weighted by Gasteiger charge is -2.07. The van der Waals surface area contributed by atoms with Crippen LogP contribution in [0.3, 0.4) is 0 Å². The number of rotatable bonds is 6. The van der Waals surface area contributed by atoms with Gasteiger partial charge < -0.3 is 10.1 Å². The van der Waals surface area contributed by atoms with Crippen LogP contribution in [0.5, 0.6) is 0 Å². The number of para-hydroxylation sites is 1. The Labute approximate surface area is 172 Å². The minimum Gasteiger partial charge on any atom is -0.450 e. The molecule has 3 aromatic rings. The average molecular weight is 412 g/mol. The Hall–Kier alpha value is -3.45. The lowest BCUT2D eigenvalue weighted by atomic mass is 10.1. The third kappa shape index (κ3) is 4.70. The maximum atomic E-state index is 12.6. The highest BCUT2D eigenvalue weighted by atomic mass is 35.5. The van der Waals surface area contributed by atoms with Crippen molar-refractivity contribution < 1.29 is 19.1 Å². The van der Waals surface area contributed by atoms with E-state index in [0.717, 1.165) is 5.69 Å². The highest BCUT2D eigenvalue weighted by molar-refractivity contribution is 6.41. The minimum atomic E-state index is -1.12. The van der Waals surface area contributed by atoms with Crippen LogP contribution in [0, 0.1) is 13.8 Å². The van der Waals surface area contributed by atoms with Gasteiger partial charge in [0.05, 0.1) is 22.6 Å². The first-order chi connectivity index (χ1) is 13.9. The van der Waals surface area contributed by atoms with Gasteiger partial charge in [0, 0.05) is 10.7 Å². The van der Waals surface area contributed by atoms with Crippen molar-refractivity contribution in [1.29, 1.82) is 0 Å². The van der Waals surface area contributed by atoms with Crippen LogP contribution in [-0.2, 0) is 14.3 Å². The molecule has 3 rings (SSSR count). The van der Waals surface area contributed by atoms with Gasteiger partial charge in [-0.05, 0) is 50.2 Å². The number of ketones is 1. The van der Waals surface area contributed by atoms with Crippen molar-refractivity contribution in [3.05, 3.63) is 76.6 Å². The zero-order chi connectivity index (χ0) is 21.0. The molecule has 0 bridgehead atoms. The van der Waals surface area contributed by atoms with E-state index in [4.69, 9.17) is 16.3 Å². The highest BCUT2D eigenvalue weighted by Gasteiger charge is 2.26. The molecule has 0 saturated carbocycles. The fraction of sp³-hybridized carbons (Fsp3) is 0.143. The van der Waals surface area contributed by atoms with Crippen molar-refractivity contribution in [2.45, 2.75) is 13.8 Å². The summed E-state index contributed by atoms with van der Waals surface area (Å²) in [6.45, 7) is 2.75. The van der Waals surface area contributed by atoms with E-state index in [9.17, 15) is 14.4 Å². The first-order valence-electron chi connectivity index (χ1n) is 8.75. The summed E-state index contributed by atoms with van der Waals surface area (Å²) in [6, 6.07) is 15.7. The number of hydrogen-bond acceptors (Lipinski definition) is 5. The number of amides is 1. The Bertz CT molecular complexity index is 1060. The molecule has 0 aliphatic rings. The Morgan fingerprint density at radius 2 is 1.69 bits per heavy atom. The minimum absolute atomic E-state index is 0.164. The van der Waals surface area contributed by atoms with Gasteiger partial charge >= 0.3 is 5.97 Å². The smallest absolute Gasteiger partial charge is 0.380 e. The third-order valence-electron chi connectivity index (χ3n) is 4.17. The van der Waals surface area contributed by atoms with E-state index < -0.39 is 24.3 Å². The third-order valence-corrected chi connectivity index (χ3v) is 4.42. The maximum absolute atomic E-state index is 12.6. The van der Waals surface area contributed by atoms with Gasteiger partial charge in [-0.3, -0.25) is 9.59 Å². The molecule has 0 unspecified atom stereocenters. The van der Waals surface area contributed by atoms with Gasteiger partial charge in [0.25, 0.3) is 11.7 Å². The number of halogens is 1. The Kier molecular flexibility index (Phi) is 6.09. The second-order valence-electron chi connectivity index (χ2n) is 6.25. The van der Waals surface area contributed by atoms with Crippen LogP contribution in [0.1, 0.15) is 21.7 Å². The molecular formula is C21H18ClN3O4. The lowest BCUT2D eigenvalue weighted by Crippen LogP contribution is -2.25. The fourth-order valence-corrected chi connectivity index (χ4v) is 2.95. The summed E-state index contributed by atoms with van der Waals surface area (Å²) >= 11 is 5.78. The Balaban J connectivity index is 1.66. The SMILES string of the molecule is Cc1nn(-c2ccccc2)c(C)c1C(=O)C(=O)OCC(=O)Nc1ccc(Cl)cc1. The monoisotopic (exact) mass is 411 g/mol. The number of anilines is 1. The van der Waals surface area contributed by atoms with Gasteiger partial charge in [-0.15, -0.1) is 0 Å². The van der Waals surface area contributed by atoms with Gasteiger partial charge in [-0.2, -0.15) is 5.10 Å². The number of carbonyl (C=O) groups excluding carboxylic acids is 3. The molecule has 29 heavy (non-hydrogen) atoms. The van der Waals surface area contributed by atoms with Crippen molar-refractivity contribution in [2.75, 3.05) is 11.9 Å². The van der Waals surface area contributed by atoms with Crippen molar-refractivity contribution in [2.24, 2.45) is 0 Å². The van der Waals surface area contributed by atoms with Gasteiger partial charge in [0.2, 0.25) is 0 Å². The molecule has 1 aromatic heterocycles. The lowest BCUT2D eigenvalue weighted by molar-refractivity contribution is -0.142. The van der Waals surface area contributed by atoms with E-state index in [-0.39, 0.29) is 5.56 Å². The zero-order valence-corrected chi connectivity index (χ0v) is 16.6. The topological polar surface area (TPSA) is 90.3 Å². The van der Waals surface area contributed by atoms with Crippen molar-refractivity contribution in [1.82, 2.24) is 9.78 Å². The molecular weight excluding hydrogens is 394 g/mol. The molecule has 2 aromatic carbocycles. The van der Waals surface area contributed by atoms with Gasteiger partial charge in [-0.1, -0.05) is 29.8 Å². The first-order valence-corrected chi connectivity index (χ1v) is 9.13. The summed E-state index contributed by atoms with van der Waals surface area (Å²) in [5.41, 5.74) is 2.35. The number of hydrogen-bond donors (Lipinski definition) is 1. The van der Waals surface area contributed by atoms with Crippen LogP contribution in [0.25, 0.3) is 5.69 Å². The van der Waals surface area contributed by atoms with Crippen molar-refractivity contribution in [3.63, 3.8) is 0 Å². The number of Topliss-reactive ketones (excluding diaryl/α,β-unsaturated/α-hetero) is 1. The molecule has 0 fully saturated rings. The van der Waals surface area contributed by atoms with Crippen LogP contribution in [0.15, 0.2) is 54.6 Å². The van der Waals surface area contributed by atoms with E-state index >= 15 is 0 Å². The standard InChI is InChI=1S/C21H18ClN3O4/c1-13-19(14(2)25(24-13)17-6-4-3-5-7-17)20(27)21(28)29-12-18(26)23-16-10-8-15(22)9-11-16/h3-11H,12H2,1-2H3,(H,23,26). The normalized spacial score (nSPS) is 10.4. The van der Waals surface area contributed by atoms with E-state index in [2.05, 4.69) is 10.4 Å². The molecule has 0 aliphatic heterocycles. The molecule has 0 saturated heterocycles. The largest absolute Gasteiger partial charge is 0.450 e. The molecule has 1 amide bonds. The summed E-state index contributed by atoms with van der Waals surface area (Å²) in [5.74, 6) is -2.53. The number of carbonyl (C=O) groups is 3. The molecule has 7 nitrogen and oxygen atoms in total. The number of esters is 1. The zero-order valence-electron chi connectivity index (χ0n) is 15.8. The van der Waals surface area contributed by atoms with Crippen molar-refractivity contribution in [3.8, 4) is 5.69 Å². The van der Waals surface area contributed by atoms with Gasteiger partial charge in [0.1, 0.15) is 0 Å². The number of nitrogens with one attached hydrogen (secondary N) is 1. The number of ether oxygens (including phenoxy) is 1. The number of aryl methyl sites for hydroxylation is 1. The molecule has 0 radical (unpaired) electrons. The van der Waals surface area contributed by atoms with Crippen molar-refractivity contribution >= 4 is 34.9 Å². The van der Waals surface area contributed by atoms with E-state index in [0.29, 0.717) is 22.1 Å². The molecule has 148 valence electrons. The van der Waals surface area contributed by atoms with Crippen LogP contribution >= 0.6 is 11.6 Å². The summed E-state index contributed by atoms with van der Waals surface area (Å²) in [4.78, 5) is 36.7. The molecule has 0 atom stereocenters. The molecule has 0 aliphatic carbocycles. The molecule has 8 heteroatoms. The van der Waals surface area contributed by atoms with Gasteiger partial charge in [-0.25, -0.2) is 9.48 Å². The van der Waals surface area contributed by atoms with Crippen LogP contribution in [0.4, 0.5) is 5.69 Å². The Morgan fingerprint density at radius 1 is 1.03 bits per heavy atom. The second kappa shape index (κ2) is 8.70. The summed E-state index contributed by atoms with van der Waals surface area (Å²) in [7, 11) is 0. The van der Waals surface area contributed by atoms with Crippen LogP contribution in [-0.4, -0.2) is 34.0 Å². The quantitative estimate of drug-likeness (QED) is 0.381. The summed E-state index contributed by atoms with van der Waals surface area (Å²) < 4.78 is 6.46. The first kappa shape index (κ1) is 20.3. The van der Waals surface area contributed by atoms with Crippen LogP contribution < -0.4 is 5.32 Å². The Morgan fingerprint density at radius 3 is 2.34 bits per heavy atom. The van der Waals surface area contributed by atoms with Crippen LogP contribution in [0.2, 0.25) is 5.02 Å². The molecule has 0 spiro atoms. The predicted octanol–water partition coefficient (Wildman–Crippen LogP) is 3.51. The van der Waals surface area contributed by atoms with E-state index in [1.807, 2.05) is 30.3 Å². The molecule has 1 N–H and O–H groups in total. The maximum Gasteiger partial charge on any atom is 0.380 e. The van der Waals surface area contributed by atoms with Gasteiger partial charge in [0.15, 0.2) is 6.61 Å². The summed E-state index contributed by atoms with van der Waals surface area (Å²) in [6.07, 6.45) is 0. The summed E-state index contributed by atoms with van der Waals surface area (Å²) in [5, 5.41) is 7.42. The predicted molar refractivity (Wildman–Crippen MR) is 108 cm³/mol. The number of benzene rings is 2. The highest BCUT2D eigenvalue weighted by Crippen LogP contribution is 2.19. The van der Waals surface area contributed by atoms with E-state index in [1.165, 1.54) is 0 Å². The molecule has 1 heterocycles. The second-order valence-corrected chi connectivity index (χ2v) is 6.69. The number of aromatic nitrogens is 2. The average Bonchev–Trinajstić information content (AvgIpc) is 3.02. The number of nitrogens with zero attached hydrogens (tertiary/aromatic N) is 2. The van der Waals surface area contributed by atoms with E-state index in [1.54, 1.807) is 42.8 Å².